The number of carbonyl (C=O) groups is 1. The summed E-state index contributed by atoms with van der Waals surface area (Å²) in [4.78, 5) is 16.0. The van der Waals surface area contributed by atoms with Crippen LogP contribution in [0.3, 0.4) is 0 Å². The van der Waals surface area contributed by atoms with Gasteiger partial charge in [-0.2, -0.15) is 0 Å². The standard InChI is InChI=1S/C17H17F2NO3/c1-9-10(2)20-15-8-14(19)13(18)7-12(15)16(9)23-17(21)22-6-5-11-3-4-11/h7-8,11H,3-6H2,1-2H3. The van der Waals surface area contributed by atoms with Crippen LogP contribution >= 0.6 is 0 Å². The second-order valence-corrected chi connectivity index (χ2v) is 5.87. The van der Waals surface area contributed by atoms with Crippen molar-refractivity contribution in [1.29, 1.82) is 0 Å². The Hall–Kier alpha value is -2.24. The fourth-order valence-electron chi connectivity index (χ4n) is 2.40. The van der Waals surface area contributed by atoms with Crippen LogP contribution in [0.15, 0.2) is 12.1 Å². The lowest BCUT2D eigenvalue weighted by atomic mass is 10.1. The third-order valence-electron chi connectivity index (χ3n) is 4.08. The highest BCUT2D eigenvalue weighted by Crippen LogP contribution is 2.33. The van der Waals surface area contributed by atoms with E-state index in [0.29, 0.717) is 23.8 Å². The molecule has 4 nitrogen and oxygen atoms in total. The van der Waals surface area contributed by atoms with Crippen molar-refractivity contribution in [2.24, 2.45) is 5.92 Å². The maximum atomic E-state index is 13.5. The van der Waals surface area contributed by atoms with Gasteiger partial charge in [-0.05, 0) is 32.3 Å². The van der Waals surface area contributed by atoms with E-state index in [4.69, 9.17) is 9.47 Å². The number of hydrogen-bond acceptors (Lipinski definition) is 4. The van der Waals surface area contributed by atoms with Gasteiger partial charge in [0.1, 0.15) is 5.75 Å². The van der Waals surface area contributed by atoms with Gasteiger partial charge in [-0.25, -0.2) is 13.6 Å². The fourth-order valence-corrected chi connectivity index (χ4v) is 2.40. The maximum absolute atomic E-state index is 13.5. The van der Waals surface area contributed by atoms with Crippen LogP contribution in [-0.2, 0) is 4.74 Å². The Morgan fingerprint density at radius 1 is 1.26 bits per heavy atom. The van der Waals surface area contributed by atoms with Crippen LogP contribution in [0.4, 0.5) is 13.6 Å². The van der Waals surface area contributed by atoms with Crippen LogP contribution in [0.25, 0.3) is 10.9 Å². The average Bonchev–Trinajstić information content (AvgIpc) is 3.31. The predicted octanol–water partition coefficient (Wildman–Crippen LogP) is 4.45. The molecule has 6 heteroatoms. The number of fused-ring (bicyclic) bond motifs is 1. The first-order valence-corrected chi connectivity index (χ1v) is 7.56. The summed E-state index contributed by atoms with van der Waals surface area (Å²) in [6.45, 7) is 3.71. The number of carbonyl (C=O) groups excluding carboxylic acids is 1. The van der Waals surface area contributed by atoms with E-state index in [-0.39, 0.29) is 16.7 Å². The molecule has 1 heterocycles. The molecule has 1 aromatic carbocycles. The topological polar surface area (TPSA) is 48.4 Å². The van der Waals surface area contributed by atoms with Crippen LogP contribution in [0.2, 0.25) is 0 Å². The average molecular weight is 321 g/mol. The highest BCUT2D eigenvalue weighted by Gasteiger charge is 2.22. The van der Waals surface area contributed by atoms with E-state index >= 15 is 0 Å². The first kappa shape index (κ1) is 15.6. The molecule has 0 unspecified atom stereocenters. The number of aryl methyl sites for hydroxylation is 1. The molecule has 1 fully saturated rings. The Morgan fingerprint density at radius 2 is 1.96 bits per heavy atom. The van der Waals surface area contributed by atoms with Crippen molar-refractivity contribution in [3.8, 4) is 5.75 Å². The summed E-state index contributed by atoms with van der Waals surface area (Å²) in [7, 11) is 0. The molecule has 0 atom stereocenters. The van der Waals surface area contributed by atoms with Crippen molar-refractivity contribution in [1.82, 2.24) is 4.98 Å². The van der Waals surface area contributed by atoms with Gasteiger partial charge in [-0.15, -0.1) is 0 Å². The molecule has 1 saturated carbocycles. The number of pyridine rings is 1. The van der Waals surface area contributed by atoms with Gasteiger partial charge in [0.2, 0.25) is 0 Å². The number of aromatic nitrogens is 1. The van der Waals surface area contributed by atoms with E-state index < -0.39 is 17.8 Å². The van der Waals surface area contributed by atoms with Gasteiger partial charge >= 0.3 is 6.16 Å². The van der Waals surface area contributed by atoms with Gasteiger partial charge in [0, 0.05) is 22.7 Å². The molecule has 1 aliphatic rings. The summed E-state index contributed by atoms with van der Waals surface area (Å²) in [5.41, 5.74) is 1.39. The molecular weight excluding hydrogens is 304 g/mol. The molecule has 2 aromatic rings. The number of halogens is 2. The van der Waals surface area contributed by atoms with Gasteiger partial charge in [-0.1, -0.05) is 12.8 Å². The van der Waals surface area contributed by atoms with Crippen molar-refractivity contribution >= 4 is 17.1 Å². The zero-order valence-electron chi connectivity index (χ0n) is 13.0. The third kappa shape index (κ3) is 3.41. The van der Waals surface area contributed by atoms with Crippen molar-refractivity contribution in [2.75, 3.05) is 6.61 Å². The first-order valence-electron chi connectivity index (χ1n) is 7.56. The van der Waals surface area contributed by atoms with E-state index in [1.807, 2.05) is 0 Å². The Labute approximate surface area is 132 Å². The van der Waals surface area contributed by atoms with Gasteiger partial charge < -0.3 is 9.47 Å². The maximum Gasteiger partial charge on any atom is 0.513 e. The van der Waals surface area contributed by atoms with E-state index in [2.05, 4.69) is 4.98 Å². The van der Waals surface area contributed by atoms with Gasteiger partial charge in [0.15, 0.2) is 11.6 Å². The highest BCUT2D eigenvalue weighted by atomic mass is 19.2. The molecule has 1 aliphatic carbocycles. The van der Waals surface area contributed by atoms with E-state index in [0.717, 1.165) is 18.6 Å². The molecule has 0 bridgehead atoms. The summed E-state index contributed by atoms with van der Waals surface area (Å²) < 4.78 is 37.2. The Morgan fingerprint density at radius 3 is 2.65 bits per heavy atom. The number of nitrogens with zero attached hydrogens (tertiary/aromatic N) is 1. The largest absolute Gasteiger partial charge is 0.513 e. The number of rotatable bonds is 4. The minimum atomic E-state index is -1.02. The lowest BCUT2D eigenvalue weighted by Gasteiger charge is -2.13. The normalized spacial score (nSPS) is 14.1. The lowest BCUT2D eigenvalue weighted by Crippen LogP contribution is -2.13. The number of hydrogen-bond donors (Lipinski definition) is 0. The van der Waals surface area contributed by atoms with E-state index in [1.54, 1.807) is 13.8 Å². The SMILES string of the molecule is Cc1nc2cc(F)c(F)cc2c(OC(=O)OCCC2CC2)c1C. The molecule has 3 rings (SSSR count). The van der Waals surface area contributed by atoms with E-state index in [1.165, 1.54) is 12.8 Å². The van der Waals surface area contributed by atoms with Crippen LogP contribution in [0.1, 0.15) is 30.5 Å². The summed E-state index contributed by atoms with van der Waals surface area (Å²) >= 11 is 0. The van der Waals surface area contributed by atoms with Crippen LogP contribution < -0.4 is 4.74 Å². The van der Waals surface area contributed by atoms with Crippen molar-refractivity contribution in [2.45, 2.75) is 33.1 Å². The Bertz CT molecular complexity index is 767. The summed E-state index contributed by atoms with van der Waals surface area (Å²) in [5, 5.41) is 0.242. The van der Waals surface area contributed by atoms with Gasteiger partial charge in [0.25, 0.3) is 0 Å². The van der Waals surface area contributed by atoms with Gasteiger partial charge in [0.05, 0.1) is 12.1 Å². The minimum absolute atomic E-state index is 0.155. The smallest absolute Gasteiger partial charge is 0.434 e. The molecule has 0 radical (unpaired) electrons. The lowest BCUT2D eigenvalue weighted by molar-refractivity contribution is 0.0968. The summed E-state index contributed by atoms with van der Waals surface area (Å²) in [6.07, 6.45) is 2.34. The zero-order valence-corrected chi connectivity index (χ0v) is 13.0. The molecule has 0 amide bonds. The zero-order chi connectivity index (χ0) is 16.6. The predicted molar refractivity (Wildman–Crippen MR) is 80.5 cm³/mol. The molecule has 0 saturated heterocycles. The summed E-state index contributed by atoms with van der Waals surface area (Å²) in [6, 6.07) is 1.97. The second kappa shape index (κ2) is 6.10. The monoisotopic (exact) mass is 321 g/mol. The fraction of sp³-hybridized carbons (Fsp3) is 0.412. The van der Waals surface area contributed by atoms with Crippen molar-refractivity contribution in [3.05, 3.63) is 35.0 Å². The molecular formula is C17H17F2NO3. The van der Waals surface area contributed by atoms with Crippen LogP contribution in [0.5, 0.6) is 5.75 Å². The Balaban J connectivity index is 1.86. The molecule has 0 aliphatic heterocycles. The molecule has 1 aromatic heterocycles. The molecule has 0 spiro atoms. The van der Waals surface area contributed by atoms with Crippen molar-refractivity contribution in [3.63, 3.8) is 0 Å². The second-order valence-electron chi connectivity index (χ2n) is 5.87. The molecule has 0 N–H and O–H groups in total. The Kier molecular flexibility index (Phi) is 4.15. The molecule has 23 heavy (non-hydrogen) atoms. The van der Waals surface area contributed by atoms with Crippen molar-refractivity contribution < 1.29 is 23.0 Å². The number of benzene rings is 1. The highest BCUT2D eigenvalue weighted by molar-refractivity contribution is 5.88. The van der Waals surface area contributed by atoms with Crippen LogP contribution in [-0.4, -0.2) is 17.7 Å². The third-order valence-corrected chi connectivity index (χ3v) is 4.08. The minimum Gasteiger partial charge on any atom is -0.434 e. The van der Waals surface area contributed by atoms with Gasteiger partial charge in [-0.3, -0.25) is 4.98 Å². The van der Waals surface area contributed by atoms with E-state index in [9.17, 15) is 13.6 Å². The van der Waals surface area contributed by atoms with Crippen LogP contribution in [0, 0.1) is 31.4 Å². The first-order chi connectivity index (χ1) is 11.0. The molecule has 122 valence electrons. The summed E-state index contributed by atoms with van der Waals surface area (Å²) in [5.74, 6) is -1.21. The quantitative estimate of drug-likeness (QED) is 0.781. The number of ether oxygens (including phenoxy) is 2.